The average molecular weight is 269 g/mol. The molecule has 0 amide bonds. The standard InChI is InChI=1S/C14H33P.ClH/c1-5-9-12-15(8-4,13-10-6-2)14-11-7-3;/h15H,5-14H2,1-4H3;1H. The fourth-order valence-corrected chi connectivity index (χ4v) is 7.68. The number of rotatable bonds is 10. The molecule has 0 rings (SSSR count). The quantitative estimate of drug-likeness (QED) is 0.454. The van der Waals surface area contributed by atoms with Crippen molar-refractivity contribution in [3.63, 3.8) is 0 Å². The molecule has 0 aromatic heterocycles. The maximum absolute atomic E-state index is 2.47. The third-order valence-electron chi connectivity index (χ3n) is 3.93. The minimum Gasteiger partial charge on any atom is -0.147 e. The molecule has 0 saturated carbocycles. The molecule has 102 valence electrons. The minimum absolute atomic E-state index is 0. The molecule has 0 aliphatic carbocycles. The summed E-state index contributed by atoms with van der Waals surface area (Å²) in [6, 6.07) is 0. The van der Waals surface area contributed by atoms with Gasteiger partial charge < -0.3 is 0 Å². The summed E-state index contributed by atoms with van der Waals surface area (Å²) in [6.45, 7) is 9.49. The largest absolute Gasteiger partial charge is 0.147 e. The van der Waals surface area contributed by atoms with Crippen molar-refractivity contribution >= 4 is 19.7 Å². The van der Waals surface area contributed by atoms with E-state index in [9.17, 15) is 0 Å². The van der Waals surface area contributed by atoms with Crippen LogP contribution in [0.3, 0.4) is 0 Å². The van der Waals surface area contributed by atoms with Crippen molar-refractivity contribution in [2.75, 3.05) is 24.6 Å². The van der Waals surface area contributed by atoms with Crippen LogP contribution in [0, 0.1) is 0 Å². The van der Waals surface area contributed by atoms with E-state index in [2.05, 4.69) is 27.7 Å². The predicted molar refractivity (Wildman–Crippen MR) is 85.4 cm³/mol. The van der Waals surface area contributed by atoms with Crippen molar-refractivity contribution in [1.82, 2.24) is 0 Å². The molecule has 0 N–H and O–H groups in total. The van der Waals surface area contributed by atoms with Gasteiger partial charge in [0.1, 0.15) is 0 Å². The Labute approximate surface area is 111 Å². The predicted octanol–water partition coefficient (Wildman–Crippen LogP) is 5.58. The first-order valence-electron chi connectivity index (χ1n) is 7.24. The third-order valence-corrected chi connectivity index (χ3v) is 9.67. The zero-order valence-electron chi connectivity index (χ0n) is 12.0. The molecule has 0 bridgehead atoms. The van der Waals surface area contributed by atoms with E-state index in [0.29, 0.717) is 0 Å². The second kappa shape index (κ2) is 12.2. The van der Waals surface area contributed by atoms with Crippen LogP contribution in [-0.2, 0) is 0 Å². The van der Waals surface area contributed by atoms with Crippen LogP contribution in [0.25, 0.3) is 0 Å². The fraction of sp³-hybridized carbons (Fsp3) is 1.00. The Morgan fingerprint density at radius 2 is 0.938 bits per heavy atom. The normalized spacial score (nSPS) is 12.2. The number of hydrogen-bond acceptors (Lipinski definition) is 0. The molecule has 2 heteroatoms. The Balaban J connectivity index is 0. The summed E-state index contributed by atoms with van der Waals surface area (Å²) in [5.74, 6) is 0. The Morgan fingerprint density at radius 3 is 1.12 bits per heavy atom. The summed E-state index contributed by atoms with van der Waals surface area (Å²) in [4.78, 5) is 0. The smallest absolute Gasteiger partial charge is 0.147 e. The van der Waals surface area contributed by atoms with Crippen LogP contribution < -0.4 is 0 Å². The second-order valence-corrected chi connectivity index (χ2v) is 10.4. The van der Waals surface area contributed by atoms with Crippen LogP contribution in [0.15, 0.2) is 0 Å². The first-order valence-corrected chi connectivity index (χ1v) is 10.1. The summed E-state index contributed by atoms with van der Waals surface area (Å²) in [6.07, 6.45) is 15.0. The molecule has 0 heterocycles. The van der Waals surface area contributed by atoms with Gasteiger partial charge in [-0.15, -0.1) is 12.4 Å². The van der Waals surface area contributed by atoms with Gasteiger partial charge in [-0.05, 0) is 0 Å². The van der Waals surface area contributed by atoms with E-state index in [4.69, 9.17) is 0 Å². The Hall–Kier alpha value is 0.720. The molecule has 0 aliphatic heterocycles. The molecule has 0 radical (unpaired) electrons. The van der Waals surface area contributed by atoms with E-state index in [0.717, 1.165) is 0 Å². The zero-order chi connectivity index (χ0) is 11.6. The van der Waals surface area contributed by atoms with E-state index in [1.807, 2.05) is 0 Å². The van der Waals surface area contributed by atoms with E-state index >= 15 is 0 Å². The van der Waals surface area contributed by atoms with Gasteiger partial charge in [0.25, 0.3) is 0 Å². The SMILES string of the molecule is CCCC[PH](CC)(CCCC)CCCC.Cl. The van der Waals surface area contributed by atoms with Crippen LogP contribution >= 0.6 is 19.7 Å². The van der Waals surface area contributed by atoms with Crippen molar-refractivity contribution in [2.45, 2.75) is 66.2 Å². The van der Waals surface area contributed by atoms with Crippen LogP contribution in [-0.4, -0.2) is 24.6 Å². The van der Waals surface area contributed by atoms with E-state index < -0.39 is 7.26 Å². The van der Waals surface area contributed by atoms with Gasteiger partial charge in [-0.25, -0.2) is 0 Å². The zero-order valence-corrected chi connectivity index (χ0v) is 13.8. The Morgan fingerprint density at radius 1 is 0.625 bits per heavy atom. The summed E-state index contributed by atoms with van der Waals surface area (Å²) < 4.78 is 0. The van der Waals surface area contributed by atoms with Crippen molar-refractivity contribution in [1.29, 1.82) is 0 Å². The van der Waals surface area contributed by atoms with Crippen LogP contribution in [0.1, 0.15) is 66.2 Å². The van der Waals surface area contributed by atoms with Gasteiger partial charge >= 0.3 is 98.1 Å². The van der Waals surface area contributed by atoms with Crippen LogP contribution in [0.5, 0.6) is 0 Å². The first-order chi connectivity index (χ1) is 7.24. The van der Waals surface area contributed by atoms with Crippen molar-refractivity contribution in [3.8, 4) is 0 Å². The maximum Gasteiger partial charge on any atom is -0.147 e. The second-order valence-electron chi connectivity index (χ2n) is 5.16. The topological polar surface area (TPSA) is 0 Å². The van der Waals surface area contributed by atoms with Crippen LogP contribution in [0.2, 0.25) is 0 Å². The molecule has 0 atom stereocenters. The van der Waals surface area contributed by atoms with Gasteiger partial charge in [0.2, 0.25) is 0 Å². The van der Waals surface area contributed by atoms with Gasteiger partial charge in [-0.1, -0.05) is 0 Å². The van der Waals surface area contributed by atoms with Crippen molar-refractivity contribution < 1.29 is 0 Å². The average Bonchev–Trinajstić information content (AvgIpc) is 2.29. The molecule has 0 aromatic carbocycles. The van der Waals surface area contributed by atoms with Crippen LogP contribution in [0.4, 0.5) is 0 Å². The Bertz CT molecular complexity index is 115. The van der Waals surface area contributed by atoms with Gasteiger partial charge in [-0.3, -0.25) is 0 Å². The molecule has 0 unspecified atom stereocenters. The van der Waals surface area contributed by atoms with E-state index in [1.54, 1.807) is 18.5 Å². The number of hydrogen-bond donors (Lipinski definition) is 0. The Kier molecular flexibility index (Phi) is 14.5. The van der Waals surface area contributed by atoms with E-state index in [-0.39, 0.29) is 12.4 Å². The molecule has 16 heavy (non-hydrogen) atoms. The maximum atomic E-state index is 2.47. The number of halogens is 1. The van der Waals surface area contributed by atoms with Gasteiger partial charge in [0.15, 0.2) is 0 Å². The molecular formula is C14H34ClP. The molecule has 0 spiro atoms. The van der Waals surface area contributed by atoms with Gasteiger partial charge in [-0.2, -0.15) is 0 Å². The summed E-state index contributed by atoms with van der Waals surface area (Å²) in [5.41, 5.74) is 0. The molecule has 0 aromatic rings. The molecule has 0 aliphatic rings. The third kappa shape index (κ3) is 7.91. The minimum atomic E-state index is -0.832. The fourth-order valence-electron chi connectivity index (χ4n) is 2.56. The van der Waals surface area contributed by atoms with Gasteiger partial charge in [0.05, 0.1) is 0 Å². The molecular weight excluding hydrogens is 235 g/mol. The molecule has 0 nitrogen and oxygen atoms in total. The summed E-state index contributed by atoms with van der Waals surface area (Å²) in [7, 11) is -0.832. The summed E-state index contributed by atoms with van der Waals surface area (Å²) in [5, 5.41) is 0. The number of unbranched alkanes of at least 4 members (excludes halogenated alkanes) is 3. The van der Waals surface area contributed by atoms with Gasteiger partial charge in [0, 0.05) is 0 Å². The molecule has 0 saturated heterocycles. The van der Waals surface area contributed by atoms with Crippen molar-refractivity contribution in [3.05, 3.63) is 0 Å². The van der Waals surface area contributed by atoms with Crippen molar-refractivity contribution in [2.24, 2.45) is 0 Å². The van der Waals surface area contributed by atoms with E-state index in [1.165, 1.54) is 44.7 Å². The molecule has 0 fully saturated rings. The monoisotopic (exact) mass is 268 g/mol. The first kappa shape index (κ1) is 19.1. The summed E-state index contributed by atoms with van der Waals surface area (Å²) >= 11 is 0.